The third-order valence-electron chi connectivity index (χ3n) is 2.68. The first-order chi connectivity index (χ1) is 8.91. The van der Waals surface area contributed by atoms with E-state index in [1.54, 1.807) is 18.2 Å². The lowest BCUT2D eigenvalue weighted by molar-refractivity contribution is -0.385. The molecular formula is C12H17N2O4S+. The quantitative estimate of drug-likeness (QED) is 0.444. The Balaban J connectivity index is 2.60. The molecular weight excluding hydrogens is 268 g/mol. The molecule has 0 aliphatic rings. The van der Waals surface area contributed by atoms with Crippen LogP contribution in [0, 0.1) is 10.1 Å². The second kappa shape index (κ2) is 7.10. The van der Waals surface area contributed by atoms with Crippen molar-refractivity contribution in [3.05, 3.63) is 39.9 Å². The number of nitro benzene ring substituents is 1. The summed E-state index contributed by atoms with van der Waals surface area (Å²) in [4.78, 5) is 21.1. The third kappa shape index (κ3) is 4.88. The van der Waals surface area contributed by atoms with Gasteiger partial charge in [0.05, 0.1) is 16.7 Å². The fraction of sp³-hybridized carbons (Fsp3) is 0.417. The number of carbonyl (C=O) groups is 1. The van der Waals surface area contributed by atoms with Gasteiger partial charge in [-0.15, -0.1) is 0 Å². The molecule has 19 heavy (non-hydrogen) atoms. The van der Waals surface area contributed by atoms with E-state index >= 15 is 0 Å². The number of carboxylic acids is 1. The molecule has 1 rings (SSSR count). The first-order valence-electron chi connectivity index (χ1n) is 5.71. The Morgan fingerprint density at radius 3 is 2.74 bits per heavy atom. The van der Waals surface area contributed by atoms with Crippen LogP contribution in [0.5, 0.6) is 0 Å². The van der Waals surface area contributed by atoms with Crippen molar-refractivity contribution < 1.29 is 14.8 Å². The van der Waals surface area contributed by atoms with Crippen LogP contribution in [0.3, 0.4) is 0 Å². The molecule has 0 radical (unpaired) electrons. The lowest BCUT2D eigenvalue weighted by atomic mass is 10.2. The predicted octanol–water partition coefficient (Wildman–Crippen LogP) is 1.14. The summed E-state index contributed by atoms with van der Waals surface area (Å²) in [7, 11) is -0.133. The number of hydrogen-bond donors (Lipinski definition) is 2. The number of aliphatic carboxylic acids is 1. The Morgan fingerprint density at radius 2 is 2.16 bits per heavy atom. The molecule has 0 amide bonds. The first kappa shape index (κ1) is 15.5. The van der Waals surface area contributed by atoms with Crippen LogP contribution in [0.2, 0.25) is 0 Å². The fourth-order valence-electron chi connectivity index (χ4n) is 1.60. The molecule has 1 aromatic carbocycles. The average Bonchev–Trinajstić information content (AvgIpc) is 2.36. The predicted molar refractivity (Wildman–Crippen MR) is 75.2 cm³/mol. The van der Waals surface area contributed by atoms with Gasteiger partial charge in [0, 0.05) is 12.5 Å². The highest BCUT2D eigenvalue weighted by molar-refractivity contribution is 7.95. The van der Waals surface area contributed by atoms with Crippen LogP contribution in [0.25, 0.3) is 0 Å². The molecule has 0 aromatic heterocycles. The lowest BCUT2D eigenvalue weighted by Gasteiger charge is -2.07. The van der Waals surface area contributed by atoms with E-state index in [1.165, 1.54) is 6.07 Å². The van der Waals surface area contributed by atoms with Crippen molar-refractivity contribution in [2.24, 2.45) is 5.73 Å². The molecule has 104 valence electrons. The van der Waals surface area contributed by atoms with Crippen LogP contribution in [-0.4, -0.2) is 34.0 Å². The van der Waals surface area contributed by atoms with Gasteiger partial charge in [-0.1, -0.05) is 12.1 Å². The summed E-state index contributed by atoms with van der Waals surface area (Å²) in [5, 5.41) is 19.6. The molecule has 1 unspecified atom stereocenters. The van der Waals surface area contributed by atoms with E-state index in [9.17, 15) is 14.9 Å². The van der Waals surface area contributed by atoms with Crippen molar-refractivity contribution in [3.63, 3.8) is 0 Å². The number of hydrogen-bond acceptors (Lipinski definition) is 4. The monoisotopic (exact) mass is 285 g/mol. The zero-order valence-electron chi connectivity index (χ0n) is 10.6. The average molecular weight is 285 g/mol. The minimum absolute atomic E-state index is 0.115. The van der Waals surface area contributed by atoms with Gasteiger partial charge in [-0.2, -0.15) is 0 Å². The van der Waals surface area contributed by atoms with E-state index in [1.807, 2.05) is 6.26 Å². The van der Waals surface area contributed by atoms with Gasteiger partial charge >= 0.3 is 5.97 Å². The Kier molecular flexibility index (Phi) is 5.78. The summed E-state index contributed by atoms with van der Waals surface area (Å²) in [6.45, 7) is 0. The van der Waals surface area contributed by atoms with E-state index < -0.39 is 16.9 Å². The Labute approximate surface area is 114 Å². The van der Waals surface area contributed by atoms with Gasteiger partial charge in [0.15, 0.2) is 0 Å². The van der Waals surface area contributed by atoms with Crippen LogP contribution in [0.1, 0.15) is 12.0 Å². The van der Waals surface area contributed by atoms with Crippen molar-refractivity contribution in [1.29, 1.82) is 0 Å². The van der Waals surface area contributed by atoms with Crippen molar-refractivity contribution >= 4 is 22.6 Å². The molecule has 3 N–H and O–H groups in total. The summed E-state index contributed by atoms with van der Waals surface area (Å²) >= 11 is 0. The number of para-hydroxylation sites is 1. The molecule has 0 bridgehead atoms. The highest BCUT2D eigenvalue weighted by Crippen LogP contribution is 2.20. The van der Waals surface area contributed by atoms with Crippen LogP contribution < -0.4 is 5.73 Å². The molecule has 0 saturated heterocycles. The second-order valence-corrected chi connectivity index (χ2v) is 6.51. The molecule has 0 aliphatic carbocycles. The molecule has 0 saturated carbocycles. The minimum Gasteiger partial charge on any atom is -0.480 e. The van der Waals surface area contributed by atoms with Crippen LogP contribution >= 0.6 is 0 Å². The smallest absolute Gasteiger partial charge is 0.320 e. The van der Waals surface area contributed by atoms with Gasteiger partial charge in [0.1, 0.15) is 17.5 Å². The SMILES string of the molecule is C[S+](CC[C@H](N)C(=O)O)Cc1ccccc1[N+](=O)[O-]. The van der Waals surface area contributed by atoms with Crippen molar-refractivity contribution in [3.8, 4) is 0 Å². The molecule has 7 heteroatoms. The molecule has 0 heterocycles. The summed E-state index contributed by atoms with van der Waals surface area (Å²) in [5.41, 5.74) is 6.23. The number of nitrogens with zero attached hydrogens (tertiary/aromatic N) is 1. The van der Waals surface area contributed by atoms with E-state index in [4.69, 9.17) is 10.8 Å². The number of nitrogens with two attached hydrogens (primary N) is 1. The van der Waals surface area contributed by atoms with Gasteiger partial charge in [-0.25, -0.2) is 0 Å². The van der Waals surface area contributed by atoms with Crippen molar-refractivity contribution in [1.82, 2.24) is 0 Å². The van der Waals surface area contributed by atoms with Crippen LogP contribution in [0.15, 0.2) is 24.3 Å². The number of carboxylic acid groups (broad SMARTS) is 1. The number of nitro groups is 1. The topological polar surface area (TPSA) is 106 Å². The summed E-state index contributed by atoms with van der Waals surface area (Å²) < 4.78 is 0. The summed E-state index contributed by atoms with van der Waals surface area (Å²) in [6.07, 6.45) is 2.35. The van der Waals surface area contributed by atoms with Crippen LogP contribution in [0.4, 0.5) is 5.69 Å². The molecule has 1 aromatic rings. The second-order valence-electron chi connectivity index (χ2n) is 4.25. The van der Waals surface area contributed by atoms with E-state index in [0.29, 0.717) is 23.5 Å². The summed E-state index contributed by atoms with van der Waals surface area (Å²) in [6, 6.07) is 5.76. The first-order valence-corrected chi connectivity index (χ1v) is 7.68. The minimum atomic E-state index is -1.01. The van der Waals surface area contributed by atoms with Gasteiger partial charge < -0.3 is 10.8 Å². The highest BCUT2D eigenvalue weighted by atomic mass is 32.2. The number of rotatable bonds is 7. The maximum atomic E-state index is 10.9. The van der Waals surface area contributed by atoms with Crippen LogP contribution in [-0.2, 0) is 21.4 Å². The van der Waals surface area contributed by atoms with Gasteiger partial charge in [-0.3, -0.25) is 14.9 Å². The molecule has 6 nitrogen and oxygen atoms in total. The van der Waals surface area contributed by atoms with Gasteiger partial charge in [-0.05, 0) is 17.0 Å². The zero-order chi connectivity index (χ0) is 14.4. The largest absolute Gasteiger partial charge is 0.480 e. The maximum Gasteiger partial charge on any atom is 0.320 e. The highest BCUT2D eigenvalue weighted by Gasteiger charge is 2.22. The molecule has 2 atom stereocenters. The normalized spacial score (nSPS) is 13.8. The Morgan fingerprint density at radius 1 is 1.53 bits per heavy atom. The van der Waals surface area contributed by atoms with Gasteiger partial charge in [0.25, 0.3) is 5.69 Å². The maximum absolute atomic E-state index is 10.9. The molecule has 0 spiro atoms. The molecule has 0 fully saturated rings. The standard InChI is InChI=1S/C12H16N2O4S/c1-19(7-6-10(13)12(15)16)8-9-4-2-3-5-11(9)14(17)18/h2-5,10H,6-8,13H2,1H3/p+1/t10-,19?/m0/s1. The van der Waals surface area contributed by atoms with Crippen molar-refractivity contribution in [2.45, 2.75) is 18.2 Å². The van der Waals surface area contributed by atoms with Crippen molar-refractivity contribution in [2.75, 3.05) is 12.0 Å². The lowest BCUT2D eigenvalue weighted by Crippen LogP contribution is -2.32. The Hall–Kier alpha value is -1.60. The fourth-order valence-corrected chi connectivity index (χ4v) is 3.18. The molecule has 0 aliphatic heterocycles. The summed E-state index contributed by atoms with van der Waals surface area (Å²) in [5.74, 6) is 0.214. The third-order valence-corrected chi connectivity index (χ3v) is 4.42. The van der Waals surface area contributed by atoms with E-state index in [0.717, 1.165) is 0 Å². The van der Waals surface area contributed by atoms with Gasteiger partial charge in [0.2, 0.25) is 0 Å². The van der Waals surface area contributed by atoms with E-state index in [-0.39, 0.29) is 16.6 Å². The van der Waals surface area contributed by atoms with E-state index in [2.05, 4.69) is 0 Å². The number of benzene rings is 1. The zero-order valence-corrected chi connectivity index (χ0v) is 11.4. The Bertz CT molecular complexity index is 467.